The average Bonchev–Trinajstić information content (AvgIpc) is 2.50. The van der Waals surface area contributed by atoms with Gasteiger partial charge in [0, 0.05) is 5.69 Å². The summed E-state index contributed by atoms with van der Waals surface area (Å²) < 4.78 is 5.00. The summed E-state index contributed by atoms with van der Waals surface area (Å²) in [5.74, 6) is -0.754. The summed E-state index contributed by atoms with van der Waals surface area (Å²) in [6.45, 7) is 3.61. The Morgan fingerprint density at radius 3 is 2.36 bits per heavy atom. The van der Waals surface area contributed by atoms with Crippen molar-refractivity contribution in [3.05, 3.63) is 65.2 Å². The second kappa shape index (κ2) is 7.41. The number of ether oxygens (including phenoxy) is 1. The summed E-state index contributed by atoms with van der Waals surface area (Å²) in [7, 11) is 0. The van der Waals surface area contributed by atoms with Crippen LogP contribution in [0.1, 0.15) is 16.7 Å². The van der Waals surface area contributed by atoms with Crippen LogP contribution < -0.4 is 5.32 Å². The van der Waals surface area contributed by atoms with E-state index < -0.39 is 5.97 Å². The molecule has 2 aromatic rings. The first-order valence-corrected chi connectivity index (χ1v) is 7.11. The highest BCUT2D eigenvalue weighted by Gasteiger charge is 2.09. The maximum absolute atomic E-state index is 11.8. The molecular weight excluding hydrogens is 278 g/mol. The molecule has 0 unspecified atom stereocenters. The van der Waals surface area contributed by atoms with Gasteiger partial charge in [-0.3, -0.25) is 9.59 Å². The van der Waals surface area contributed by atoms with Gasteiger partial charge >= 0.3 is 5.97 Å². The molecule has 0 saturated heterocycles. The number of carbonyl (C=O) groups is 2. The van der Waals surface area contributed by atoms with E-state index in [-0.39, 0.29) is 18.9 Å². The number of anilines is 1. The molecule has 0 bridgehead atoms. The van der Waals surface area contributed by atoms with E-state index in [9.17, 15) is 9.59 Å². The summed E-state index contributed by atoms with van der Waals surface area (Å²) in [5, 5.41) is 2.72. The molecule has 0 spiro atoms. The van der Waals surface area contributed by atoms with Gasteiger partial charge in [0.05, 0.1) is 6.42 Å². The minimum atomic E-state index is -0.413. The number of para-hydroxylation sites is 1. The summed E-state index contributed by atoms with van der Waals surface area (Å²) in [6, 6.07) is 15.1. The first kappa shape index (κ1) is 15.8. The van der Waals surface area contributed by atoms with Gasteiger partial charge in [0.15, 0.2) is 6.61 Å². The van der Waals surface area contributed by atoms with Crippen molar-refractivity contribution in [3.63, 3.8) is 0 Å². The molecule has 0 heterocycles. The van der Waals surface area contributed by atoms with Crippen LogP contribution in [0.4, 0.5) is 5.69 Å². The lowest BCUT2D eigenvalue weighted by Crippen LogP contribution is -2.22. The molecule has 114 valence electrons. The van der Waals surface area contributed by atoms with Gasteiger partial charge in [0.25, 0.3) is 5.91 Å². The van der Waals surface area contributed by atoms with E-state index in [1.807, 2.05) is 56.3 Å². The molecular formula is C18H19NO3. The lowest BCUT2D eigenvalue weighted by molar-refractivity contribution is -0.146. The van der Waals surface area contributed by atoms with Crippen molar-refractivity contribution in [1.29, 1.82) is 0 Å². The van der Waals surface area contributed by atoms with Crippen molar-refractivity contribution in [1.82, 2.24) is 0 Å². The van der Waals surface area contributed by atoms with E-state index in [4.69, 9.17) is 4.74 Å². The van der Waals surface area contributed by atoms with Crippen molar-refractivity contribution in [3.8, 4) is 0 Å². The van der Waals surface area contributed by atoms with Crippen LogP contribution in [0.25, 0.3) is 0 Å². The molecule has 0 aliphatic rings. The highest BCUT2D eigenvalue weighted by atomic mass is 16.5. The molecule has 0 aliphatic carbocycles. The van der Waals surface area contributed by atoms with Gasteiger partial charge in [-0.1, -0.05) is 48.0 Å². The Hall–Kier alpha value is -2.62. The second-order valence-electron chi connectivity index (χ2n) is 5.19. The lowest BCUT2D eigenvalue weighted by atomic mass is 10.1. The number of hydrogen-bond donors (Lipinski definition) is 1. The maximum Gasteiger partial charge on any atom is 0.310 e. The third-order valence-electron chi connectivity index (χ3n) is 3.25. The van der Waals surface area contributed by atoms with E-state index in [1.54, 1.807) is 6.07 Å². The number of rotatable bonds is 5. The number of nitrogens with one attached hydrogen (secondary N) is 1. The summed E-state index contributed by atoms with van der Waals surface area (Å²) in [4.78, 5) is 23.5. The molecule has 2 aromatic carbocycles. The number of benzene rings is 2. The zero-order valence-electron chi connectivity index (χ0n) is 12.8. The van der Waals surface area contributed by atoms with Gasteiger partial charge in [0.2, 0.25) is 0 Å². The Bertz CT molecular complexity index is 662. The van der Waals surface area contributed by atoms with Crippen LogP contribution in [0.2, 0.25) is 0 Å². The van der Waals surface area contributed by atoms with Gasteiger partial charge in [-0.2, -0.15) is 0 Å². The summed E-state index contributed by atoms with van der Waals surface area (Å²) >= 11 is 0. The van der Waals surface area contributed by atoms with Crippen molar-refractivity contribution >= 4 is 17.6 Å². The van der Waals surface area contributed by atoms with Crippen molar-refractivity contribution in [2.45, 2.75) is 20.3 Å². The molecule has 0 saturated carbocycles. The monoisotopic (exact) mass is 297 g/mol. The molecule has 0 atom stereocenters. The second-order valence-corrected chi connectivity index (χ2v) is 5.19. The fourth-order valence-corrected chi connectivity index (χ4v) is 1.97. The number of esters is 1. The van der Waals surface area contributed by atoms with Crippen molar-refractivity contribution in [2.24, 2.45) is 0 Å². The molecule has 0 fully saturated rings. The summed E-state index contributed by atoms with van der Waals surface area (Å²) in [6.07, 6.45) is 0.165. The molecule has 2 rings (SSSR count). The van der Waals surface area contributed by atoms with Gasteiger partial charge in [-0.05, 0) is 31.0 Å². The minimum absolute atomic E-state index is 0.165. The zero-order valence-corrected chi connectivity index (χ0v) is 12.8. The highest BCUT2D eigenvalue weighted by Crippen LogP contribution is 2.12. The Morgan fingerprint density at radius 1 is 1.00 bits per heavy atom. The predicted octanol–water partition coefficient (Wildman–Crippen LogP) is 3.03. The molecule has 22 heavy (non-hydrogen) atoms. The molecule has 1 N–H and O–H groups in total. The topological polar surface area (TPSA) is 55.4 Å². The van der Waals surface area contributed by atoms with Crippen molar-refractivity contribution < 1.29 is 14.3 Å². The van der Waals surface area contributed by atoms with Gasteiger partial charge in [-0.25, -0.2) is 0 Å². The fourth-order valence-electron chi connectivity index (χ4n) is 1.97. The third-order valence-corrected chi connectivity index (χ3v) is 3.25. The van der Waals surface area contributed by atoms with Crippen LogP contribution in [0.5, 0.6) is 0 Å². The number of aryl methyl sites for hydroxylation is 2. The van der Waals surface area contributed by atoms with E-state index in [0.29, 0.717) is 0 Å². The first-order valence-electron chi connectivity index (χ1n) is 7.11. The molecule has 1 amide bonds. The SMILES string of the molecule is Cc1ccc(CC(=O)OCC(=O)Nc2ccccc2C)cc1. The number of hydrogen-bond acceptors (Lipinski definition) is 3. The fraction of sp³-hybridized carbons (Fsp3) is 0.222. The standard InChI is InChI=1S/C18H19NO3/c1-13-7-9-15(10-8-13)11-18(21)22-12-17(20)19-16-6-4-3-5-14(16)2/h3-10H,11-12H2,1-2H3,(H,19,20). The normalized spacial score (nSPS) is 10.1. The Labute approximate surface area is 130 Å². The van der Waals surface area contributed by atoms with Crippen LogP contribution in [-0.4, -0.2) is 18.5 Å². The lowest BCUT2D eigenvalue weighted by Gasteiger charge is -2.08. The molecule has 0 aliphatic heterocycles. The van der Waals surface area contributed by atoms with Crippen LogP contribution in [0.3, 0.4) is 0 Å². The molecule has 4 nitrogen and oxygen atoms in total. The van der Waals surface area contributed by atoms with E-state index in [1.165, 1.54) is 0 Å². The number of amides is 1. The maximum atomic E-state index is 11.8. The highest BCUT2D eigenvalue weighted by molar-refractivity contribution is 5.93. The van der Waals surface area contributed by atoms with Crippen molar-refractivity contribution in [2.75, 3.05) is 11.9 Å². The van der Waals surface area contributed by atoms with E-state index >= 15 is 0 Å². The van der Waals surface area contributed by atoms with Gasteiger partial charge < -0.3 is 10.1 Å². The zero-order chi connectivity index (χ0) is 15.9. The van der Waals surface area contributed by atoms with Crippen LogP contribution in [-0.2, 0) is 20.7 Å². The first-order chi connectivity index (χ1) is 10.5. The minimum Gasteiger partial charge on any atom is -0.455 e. The van der Waals surface area contributed by atoms with Crippen LogP contribution in [0, 0.1) is 13.8 Å². The molecule has 0 radical (unpaired) electrons. The van der Waals surface area contributed by atoms with E-state index in [0.717, 1.165) is 22.4 Å². The quantitative estimate of drug-likeness (QED) is 0.863. The Kier molecular flexibility index (Phi) is 5.31. The third kappa shape index (κ3) is 4.74. The smallest absolute Gasteiger partial charge is 0.310 e. The number of carbonyl (C=O) groups excluding carboxylic acids is 2. The molecule has 0 aromatic heterocycles. The van der Waals surface area contributed by atoms with E-state index in [2.05, 4.69) is 5.32 Å². The van der Waals surface area contributed by atoms with Crippen LogP contribution >= 0.6 is 0 Å². The summed E-state index contributed by atoms with van der Waals surface area (Å²) in [5.41, 5.74) is 3.69. The van der Waals surface area contributed by atoms with Gasteiger partial charge in [0.1, 0.15) is 0 Å². The largest absolute Gasteiger partial charge is 0.455 e. The predicted molar refractivity (Wildman–Crippen MR) is 85.7 cm³/mol. The average molecular weight is 297 g/mol. The molecule has 4 heteroatoms. The van der Waals surface area contributed by atoms with Gasteiger partial charge in [-0.15, -0.1) is 0 Å². The Balaban J connectivity index is 1.79. The van der Waals surface area contributed by atoms with Crippen LogP contribution in [0.15, 0.2) is 48.5 Å². The Morgan fingerprint density at radius 2 is 1.68 bits per heavy atom.